The monoisotopic (exact) mass is 649 g/mol. The van der Waals surface area contributed by atoms with Gasteiger partial charge in [-0.05, 0) is 0 Å². The van der Waals surface area contributed by atoms with Gasteiger partial charge < -0.3 is 49.7 Å². The Morgan fingerprint density at radius 1 is 1.05 bits per heavy atom. The third-order valence-corrected chi connectivity index (χ3v) is 8.43. The number of phosphoric ester groups is 2. The van der Waals surface area contributed by atoms with Gasteiger partial charge in [-0.15, -0.1) is 0 Å². The van der Waals surface area contributed by atoms with E-state index in [2.05, 4.69) is 14.2 Å². The lowest BCUT2D eigenvalue weighted by Crippen LogP contribution is -2.65. The molecular formula is C19H29N3O18P2. The summed E-state index contributed by atoms with van der Waals surface area (Å²) < 4.78 is 54.8. The van der Waals surface area contributed by atoms with Crippen LogP contribution in [-0.4, -0.2) is 114 Å². The van der Waals surface area contributed by atoms with Crippen molar-refractivity contribution >= 4 is 27.5 Å². The van der Waals surface area contributed by atoms with Crippen LogP contribution in [0.4, 0.5) is 0 Å². The molecule has 3 rings (SSSR count). The molecule has 11 unspecified atom stereocenters. The molecule has 23 heteroatoms. The highest BCUT2D eigenvalue weighted by Crippen LogP contribution is 2.61. The molecule has 1 amide bonds. The third-order valence-electron chi connectivity index (χ3n) is 5.83. The van der Waals surface area contributed by atoms with Gasteiger partial charge in [0.2, 0.25) is 5.91 Å². The van der Waals surface area contributed by atoms with Crippen LogP contribution in [0.3, 0.4) is 0 Å². The van der Waals surface area contributed by atoms with Gasteiger partial charge in [0, 0.05) is 26.1 Å². The van der Waals surface area contributed by atoms with Crippen molar-refractivity contribution in [1.82, 2.24) is 14.9 Å². The van der Waals surface area contributed by atoms with E-state index in [1.165, 1.54) is 0 Å². The molecule has 0 radical (unpaired) electrons. The summed E-state index contributed by atoms with van der Waals surface area (Å²) in [6.07, 6.45) is -13.0. The molecule has 21 nitrogen and oxygen atoms in total. The van der Waals surface area contributed by atoms with Gasteiger partial charge in [-0.25, -0.2) is 13.9 Å². The van der Waals surface area contributed by atoms with Gasteiger partial charge >= 0.3 is 27.3 Å². The number of nitrogens with zero attached hydrogens (tertiary/aromatic N) is 1. The number of aromatic nitrogens is 2. The lowest BCUT2D eigenvalue weighted by molar-refractivity contribution is -0.252. The predicted molar refractivity (Wildman–Crippen MR) is 130 cm³/mol. The maximum Gasteiger partial charge on any atom is 0.483 e. The average Bonchev–Trinajstić information content (AvgIpc) is 3.14. The van der Waals surface area contributed by atoms with E-state index in [9.17, 15) is 58.5 Å². The molecule has 3 heterocycles. The molecule has 42 heavy (non-hydrogen) atoms. The summed E-state index contributed by atoms with van der Waals surface area (Å²) in [5.74, 6) is -1.77. The number of aromatic amines is 1. The molecule has 0 saturated carbocycles. The first kappa shape index (κ1) is 34.1. The zero-order chi connectivity index (χ0) is 31.6. The van der Waals surface area contributed by atoms with Gasteiger partial charge in [0.25, 0.3) is 5.56 Å². The normalized spacial score (nSPS) is 34.2. The Bertz CT molecular complexity index is 1350. The van der Waals surface area contributed by atoms with Gasteiger partial charge in [-0.2, -0.15) is 4.31 Å². The number of nitrogens with one attached hydrogen (secondary N) is 2. The predicted octanol–water partition coefficient (Wildman–Crippen LogP) is -4.08. The highest BCUT2D eigenvalue weighted by Gasteiger charge is 2.52. The molecule has 0 aliphatic carbocycles. The first-order chi connectivity index (χ1) is 19.4. The smallest absolute Gasteiger partial charge is 0.457 e. The van der Waals surface area contributed by atoms with Crippen LogP contribution in [0.15, 0.2) is 21.9 Å². The number of hydrogen-bond acceptors (Lipinski definition) is 16. The van der Waals surface area contributed by atoms with Crippen LogP contribution in [-0.2, 0) is 46.3 Å². The summed E-state index contributed by atoms with van der Waals surface area (Å²) in [6.45, 7) is -0.0407. The van der Waals surface area contributed by atoms with Gasteiger partial charge in [0.1, 0.15) is 36.6 Å². The molecule has 1 aromatic heterocycles. The van der Waals surface area contributed by atoms with Crippen molar-refractivity contribution in [2.75, 3.05) is 13.2 Å². The second-order valence-electron chi connectivity index (χ2n) is 9.00. The molecular weight excluding hydrogens is 620 g/mol. The molecule has 1 aromatic rings. The largest absolute Gasteiger partial charge is 0.483 e. The Morgan fingerprint density at radius 3 is 2.29 bits per heavy atom. The molecule has 2 aliphatic heterocycles. The number of rotatable bonds is 11. The van der Waals surface area contributed by atoms with Crippen molar-refractivity contribution in [1.29, 1.82) is 0 Å². The molecule has 0 aromatic carbocycles. The Kier molecular flexibility index (Phi) is 11.0. The Labute approximate surface area is 234 Å². The van der Waals surface area contributed by atoms with Gasteiger partial charge in [-0.3, -0.25) is 33.0 Å². The van der Waals surface area contributed by atoms with Gasteiger partial charge in [0.05, 0.1) is 13.2 Å². The van der Waals surface area contributed by atoms with E-state index in [4.69, 9.17) is 18.7 Å². The summed E-state index contributed by atoms with van der Waals surface area (Å²) in [6, 6.07) is -0.767. The van der Waals surface area contributed by atoms with E-state index in [1.54, 1.807) is 0 Å². The zero-order valence-corrected chi connectivity index (χ0v) is 23.5. The minimum atomic E-state index is -5.69. The number of esters is 1. The van der Waals surface area contributed by atoms with Crippen molar-refractivity contribution in [3.8, 4) is 0 Å². The first-order valence-corrected chi connectivity index (χ1v) is 14.9. The SMILES string of the molecule is CC(=O)NC1C(OP(=O)(O)OP(=O)(O)OCC2OC(n3ccc(=O)[nH]c3=O)C(O)C2O)OC(CO)C(O)C1OC(C)=O. The van der Waals surface area contributed by atoms with E-state index >= 15 is 0 Å². The van der Waals surface area contributed by atoms with Crippen LogP contribution < -0.4 is 16.6 Å². The fourth-order valence-electron chi connectivity index (χ4n) is 4.07. The number of ether oxygens (including phenoxy) is 3. The van der Waals surface area contributed by atoms with Crippen molar-refractivity contribution in [3.63, 3.8) is 0 Å². The number of hydrogen-bond donors (Lipinski definition) is 8. The maximum atomic E-state index is 12.6. The number of carbonyl (C=O) groups is 2. The standard InChI is InChI=1S/C19H29N3O18P2/c1-7(24)20-12-16(36-8(2)25)14(28)9(5-23)38-18(12)39-42(33,34)40-41(31,32)35-6-10-13(27)15(29)17(37-10)22-4-3-11(26)21-19(22)30/h3-4,9-10,12-18,23,27-29H,5-6H2,1-2H3,(H,20,24)(H,31,32)(H,33,34)(H,21,26,30). The number of amides is 1. The van der Waals surface area contributed by atoms with Crippen LogP contribution in [0.2, 0.25) is 0 Å². The Morgan fingerprint density at radius 2 is 1.71 bits per heavy atom. The summed E-state index contributed by atoms with van der Waals surface area (Å²) >= 11 is 0. The lowest BCUT2D eigenvalue weighted by Gasteiger charge is -2.43. The minimum absolute atomic E-state index is 0.718. The highest BCUT2D eigenvalue weighted by molar-refractivity contribution is 7.61. The van der Waals surface area contributed by atoms with E-state index in [-0.39, 0.29) is 0 Å². The fraction of sp³-hybridized carbons (Fsp3) is 0.684. The number of H-pyrrole nitrogens is 1. The van der Waals surface area contributed by atoms with Gasteiger partial charge in [-0.1, -0.05) is 0 Å². The molecule has 8 N–H and O–H groups in total. The zero-order valence-electron chi connectivity index (χ0n) is 21.7. The van der Waals surface area contributed by atoms with Crippen molar-refractivity contribution in [2.45, 2.75) is 69.0 Å². The van der Waals surface area contributed by atoms with Gasteiger partial charge in [0.15, 0.2) is 18.6 Å². The lowest BCUT2D eigenvalue weighted by atomic mass is 9.96. The molecule has 2 saturated heterocycles. The molecule has 0 bridgehead atoms. The van der Waals surface area contributed by atoms with Crippen LogP contribution in [0.5, 0.6) is 0 Å². The van der Waals surface area contributed by atoms with Crippen molar-refractivity contribution < 1.29 is 76.5 Å². The van der Waals surface area contributed by atoms with E-state index in [0.717, 1.165) is 30.7 Å². The van der Waals surface area contributed by atoms with Crippen molar-refractivity contribution in [3.05, 3.63) is 33.1 Å². The maximum absolute atomic E-state index is 12.6. The second kappa shape index (κ2) is 13.5. The van der Waals surface area contributed by atoms with Crippen LogP contribution in [0.1, 0.15) is 20.1 Å². The van der Waals surface area contributed by atoms with E-state index in [0.29, 0.717) is 0 Å². The molecule has 2 aliphatic rings. The molecule has 11 atom stereocenters. The highest BCUT2D eigenvalue weighted by atomic mass is 31.3. The number of carbonyl (C=O) groups excluding carboxylic acids is 2. The topological polar surface area (TPSA) is 312 Å². The number of aliphatic hydroxyl groups is 4. The Hall–Kier alpha value is -2.36. The fourth-order valence-corrected chi connectivity index (χ4v) is 6.24. The summed E-state index contributed by atoms with van der Waals surface area (Å²) in [5.41, 5.74) is -1.77. The van der Waals surface area contributed by atoms with E-state index in [1.807, 2.05) is 4.98 Å². The second-order valence-corrected chi connectivity index (χ2v) is 12.0. The van der Waals surface area contributed by atoms with Crippen LogP contribution in [0.25, 0.3) is 0 Å². The quantitative estimate of drug-likeness (QED) is 0.0834. The molecule has 0 spiro atoms. The Balaban J connectivity index is 1.70. The summed E-state index contributed by atoms with van der Waals surface area (Å²) in [5, 5.41) is 42.5. The van der Waals surface area contributed by atoms with Crippen LogP contribution >= 0.6 is 15.6 Å². The summed E-state index contributed by atoms with van der Waals surface area (Å²) in [4.78, 5) is 68.6. The van der Waals surface area contributed by atoms with E-state index < -0.39 is 107 Å². The van der Waals surface area contributed by atoms with Crippen LogP contribution in [0, 0.1) is 0 Å². The molecule has 238 valence electrons. The minimum Gasteiger partial charge on any atom is -0.457 e. The number of phosphoric acid groups is 2. The average molecular weight is 649 g/mol. The first-order valence-electron chi connectivity index (χ1n) is 11.9. The third kappa shape index (κ3) is 8.38. The van der Waals surface area contributed by atoms with Crippen molar-refractivity contribution in [2.24, 2.45) is 0 Å². The number of aliphatic hydroxyl groups excluding tert-OH is 4. The summed E-state index contributed by atoms with van der Waals surface area (Å²) in [7, 11) is -11.3. The molecule has 2 fully saturated rings.